The van der Waals surface area contributed by atoms with Gasteiger partial charge in [-0.05, 0) is 41.5 Å². The number of amides is 2. The number of furan rings is 1. The fourth-order valence-electron chi connectivity index (χ4n) is 3.92. The molecule has 0 saturated carbocycles. The molecule has 2 amide bonds. The van der Waals surface area contributed by atoms with Gasteiger partial charge in [0.15, 0.2) is 0 Å². The molecule has 33 heavy (non-hydrogen) atoms. The van der Waals surface area contributed by atoms with Crippen molar-refractivity contribution in [2.24, 2.45) is 18.4 Å². The molecular weight excluding hydrogens is 416 g/mol. The van der Waals surface area contributed by atoms with Gasteiger partial charge in [-0.3, -0.25) is 9.59 Å². The summed E-state index contributed by atoms with van der Waals surface area (Å²) >= 11 is 0. The summed E-state index contributed by atoms with van der Waals surface area (Å²) in [6.45, 7) is 11.0. The van der Waals surface area contributed by atoms with Gasteiger partial charge >= 0.3 is 0 Å². The van der Waals surface area contributed by atoms with Gasteiger partial charge < -0.3 is 19.2 Å². The molecule has 3 rings (SSSR count). The monoisotopic (exact) mass is 452 g/mol. The number of nitrogens with one attached hydrogen (secondary N) is 1. The molecule has 0 aliphatic heterocycles. The van der Waals surface area contributed by atoms with E-state index in [-0.39, 0.29) is 23.1 Å². The van der Waals surface area contributed by atoms with Crippen molar-refractivity contribution in [3.05, 3.63) is 54.3 Å². The van der Waals surface area contributed by atoms with E-state index in [1.165, 1.54) is 0 Å². The van der Waals surface area contributed by atoms with E-state index in [1.54, 1.807) is 18.8 Å². The highest BCUT2D eigenvalue weighted by atomic mass is 16.3. The van der Waals surface area contributed by atoms with Gasteiger partial charge in [-0.1, -0.05) is 40.7 Å². The molecule has 0 aliphatic carbocycles. The topological polar surface area (TPSA) is 80.4 Å². The Balaban J connectivity index is 1.87. The third kappa shape index (κ3) is 6.94. The van der Waals surface area contributed by atoms with E-state index in [2.05, 4.69) is 24.1 Å². The zero-order chi connectivity index (χ0) is 24.2. The lowest BCUT2D eigenvalue weighted by Gasteiger charge is -2.30. The van der Waals surface area contributed by atoms with Gasteiger partial charge in [-0.15, -0.1) is 0 Å². The average Bonchev–Trinajstić information content (AvgIpc) is 3.33. The molecule has 0 spiro atoms. The van der Waals surface area contributed by atoms with E-state index >= 15 is 0 Å². The number of carbonyl (C=O) groups is 2. The lowest BCUT2D eigenvalue weighted by molar-refractivity contribution is -0.138. The van der Waals surface area contributed by atoms with Crippen molar-refractivity contribution in [3.8, 4) is 0 Å². The second kappa shape index (κ2) is 10.2. The molecule has 1 N–H and O–H groups in total. The van der Waals surface area contributed by atoms with Crippen LogP contribution in [-0.2, 0) is 29.7 Å². The Kier molecular flexibility index (Phi) is 7.61. The number of hydrogen-bond donors (Lipinski definition) is 1. The second-order valence-electron chi connectivity index (χ2n) is 10.5. The molecule has 1 unspecified atom stereocenters. The summed E-state index contributed by atoms with van der Waals surface area (Å²) in [5.74, 6) is 0.0796. The van der Waals surface area contributed by atoms with Gasteiger partial charge in [0.05, 0.1) is 24.8 Å². The average molecular weight is 453 g/mol. The van der Waals surface area contributed by atoms with E-state index in [4.69, 9.17) is 4.42 Å². The molecule has 2 heterocycles. The molecule has 0 fully saturated rings. The third-order valence-electron chi connectivity index (χ3n) is 5.50. The largest absolute Gasteiger partial charge is 0.464 e. The van der Waals surface area contributed by atoms with Crippen molar-refractivity contribution in [1.29, 1.82) is 0 Å². The maximum Gasteiger partial charge on any atom is 0.245 e. The second-order valence-corrected chi connectivity index (χ2v) is 10.5. The van der Waals surface area contributed by atoms with Crippen LogP contribution < -0.4 is 5.32 Å². The lowest BCUT2D eigenvalue weighted by atomic mass is 9.91. The number of aryl methyl sites for hydroxylation is 1. The fourth-order valence-corrected chi connectivity index (χ4v) is 3.92. The van der Waals surface area contributed by atoms with Crippen molar-refractivity contribution >= 4 is 22.8 Å². The first-order valence-corrected chi connectivity index (χ1v) is 11.5. The molecule has 3 aromatic rings. The SMILES string of the molecule is CC(C)CC(NC(=O)CC(C)(C)C)C(=O)N(Cc1ccc2occc2c1)Cc1cncn1C. The highest BCUT2D eigenvalue weighted by Gasteiger charge is 2.29. The Bertz CT molecular complexity index is 1090. The highest BCUT2D eigenvalue weighted by molar-refractivity contribution is 5.88. The molecule has 0 bridgehead atoms. The number of fused-ring (bicyclic) bond motifs is 1. The number of aromatic nitrogens is 2. The maximum atomic E-state index is 13.8. The molecule has 0 aliphatic rings. The number of hydrogen-bond acceptors (Lipinski definition) is 4. The normalized spacial score (nSPS) is 12.8. The van der Waals surface area contributed by atoms with Crippen molar-refractivity contribution in [2.45, 2.75) is 66.6 Å². The molecule has 178 valence electrons. The van der Waals surface area contributed by atoms with Crippen LogP contribution in [0.15, 0.2) is 47.5 Å². The third-order valence-corrected chi connectivity index (χ3v) is 5.50. The first-order chi connectivity index (χ1) is 15.5. The van der Waals surface area contributed by atoms with Crippen LogP contribution in [0.1, 0.15) is 58.7 Å². The standard InChI is InChI=1S/C26H36N4O3/c1-18(2)11-22(28-24(31)13-26(3,4)5)25(32)30(16-21-14-27-17-29(21)6)15-19-7-8-23-20(12-19)9-10-33-23/h7-10,12,14,17-18,22H,11,13,15-16H2,1-6H3,(H,28,31). The van der Waals surface area contributed by atoms with E-state index in [0.29, 0.717) is 25.9 Å². The van der Waals surface area contributed by atoms with Gasteiger partial charge in [0.1, 0.15) is 11.6 Å². The van der Waals surface area contributed by atoms with Gasteiger partial charge in [0, 0.05) is 31.6 Å². The van der Waals surface area contributed by atoms with Crippen LogP contribution in [0.2, 0.25) is 0 Å². The van der Waals surface area contributed by atoms with E-state index in [0.717, 1.165) is 22.2 Å². The van der Waals surface area contributed by atoms with Crippen molar-refractivity contribution < 1.29 is 14.0 Å². The Morgan fingerprint density at radius 3 is 2.58 bits per heavy atom. The van der Waals surface area contributed by atoms with Gasteiger partial charge in [0.2, 0.25) is 11.8 Å². The van der Waals surface area contributed by atoms with Crippen LogP contribution in [-0.4, -0.2) is 32.3 Å². The molecule has 0 radical (unpaired) electrons. The first-order valence-electron chi connectivity index (χ1n) is 11.5. The molecule has 2 aromatic heterocycles. The van der Waals surface area contributed by atoms with Crippen molar-refractivity contribution in [3.63, 3.8) is 0 Å². The Hall–Kier alpha value is -3.09. The molecule has 7 heteroatoms. The van der Waals surface area contributed by atoms with E-state index in [9.17, 15) is 9.59 Å². The van der Waals surface area contributed by atoms with Crippen LogP contribution in [0, 0.1) is 11.3 Å². The lowest BCUT2D eigenvalue weighted by Crippen LogP contribution is -2.49. The van der Waals surface area contributed by atoms with Crippen molar-refractivity contribution in [2.75, 3.05) is 0 Å². The quantitative estimate of drug-likeness (QED) is 0.512. The zero-order valence-electron chi connectivity index (χ0n) is 20.6. The number of carbonyl (C=O) groups excluding carboxylic acids is 2. The van der Waals surface area contributed by atoms with Crippen LogP contribution in [0.25, 0.3) is 11.0 Å². The Labute approximate surface area is 196 Å². The van der Waals surface area contributed by atoms with E-state index in [1.807, 2.05) is 61.6 Å². The van der Waals surface area contributed by atoms with E-state index < -0.39 is 6.04 Å². The summed E-state index contributed by atoms with van der Waals surface area (Å²) in [6, 6.07) is 7.28. The number of rotatable bonds is 9. The molecule has 1 atom stereocenters. The minimum Gasteiger partial charge on any atom is -0.464 e. The number of imidazole rings is 1. The van der Waals surface area contributed by atoms with Crippen LogP contribution in [0.3, 0.4) is 0 Å². The van der Waals surface area contributed by atoms with Crippen molar-refractivity contribution in [1.82, 2.24) is 19.8 Å². The summed E-state index contributed by atoms with van der Waals surface area (Å²) in [6.07, 6.45) is 6.11. The minimum atomic E-state index is -0.578. The molecule has 0 saturated heterocycles. The molecular formula is C26H36N4O3. The highest BCUT2D eigenvalue weighted by Crippen LogP contribution is 2.21. The van der Waals surface area contributed by atoms with Gasteiger partial charge in [-0.2, -0.15) is 0 Å². The predicted octanol–water partition coefficient (Wildman–Crippen LogP) is 4.66. The smallest absolute Gasteiger partial charge is 0.245 e. The minimum absolute atomic E-state index is 0.0838. The first kappa shape index (κ1) is 24.6. The Morgan fingerprint density at radius 2 is 1.94 bits per heavy atom. The predicted molar refractivity (Wildman–Crippen MR) is 129 cm³/mol. The number of nitrogens with zero attached hydrogens (tertiary/aromatic N) is 3. The molecule has 7 nitrogen and oxygen atoms in total. The van der Waals surface area contributed by atoms with Crippen LogP contribution in [0.4, 0.5) is 0 Å². The zero-order valence-corrected chi connectivity index (χ0v) is 20.6. The fraction of sp³-hybridized carbons (Fsp3) is 0.500. The summed E-state index contributed by atoms with van der Waals surface area (Å²) in [4.78, 5) is 32.5. The number of benzene rings is 1. The summed E-state index contributed by atoms with van der Waals surface area (Å²) in [5, 5.41) is 4.02. The van der Waals surface area contributed by atoms with Crippen LogP contribution in [0.5, 0.6) is 0 Å². The summed E-state index contributed by atoms with van der Waals surface area (Å²) < 4.78 is 7.36. The van der Waals surface area contributed by atoms with Crippen LogP contribution >= 0.6 is 0 Å². The maximum absolute atomic E-state index is 13.8. The Morgan fingerprint density at radius 1 is 1.18 bits per heavy atom. The summed E-state index contributed by atoms with van der Waals surface area (Å²) in [7, 11) is 1.92. The van der Waals surface area contributed by atoms with Gasteiger partial charge in [-0.25, -0.2) is 4.98 Å². The summed E-state index contributed by atoms with van der Waals surface area (Å²) in [5.41, 5.74) is 2.60. The molecule has 1 aromatic carbocycles. The van der Waals surface area contributed by atoms with Gasteiger partial charge in [0.25, 0.3) is 0 Å².